The Morgan fingerprint density at radius 2 is 1.88 bits per heavy atom. The van der Waals surface area contributed by atoms with Crippen LogP contribution in [0.2, 0.25) is 0 Å². The molecule has 0 heterocycles. The first kappa shape index (κ1) is 14.8. The van der Waals surface area contributed by atoms with E-state index in [1.54, 1.807) is 4.90 Å². The molecule has 0 bridgehead atoms. The minimum absolute atomic E-state index is 0.0104. The van der Waals surface area contributed by atoms with Crippen LogP contribution in [0, 0.1) is 11.3 Å². The summed E-state index contributed by atoms with van der Waals surface area (Å²) >= 11 is 0. The van der Waals surface area contributed by atoms with Crippen LogP contribution >= 0.6 is 0 Å². The highest BCUT2D eigenvalue weighted by molar-refractivity contribution is 5.69. The SMILES string of the molecule is N#CCCOC(=O)CCN(CCO)CCO. The van der Waals surface area contributed by atoms with Crippen LogP contribution in [0.4, 0.5) is 0 Å². The Morgan fingerprint density at radius 1 is 1.25 bits per heavy atom. The molecule has 2 N–H and O–H groups in total. The maximum atomic E-state index is 11.1. The van der Waals surface area contributed by atoms with E-state index in [4.69, 9.17) is 20.2 Å². The normalized spacial score (nSPS) is 10.1. The first-order valence-electron chi connectivity index (χ1n) is 5.21. The molecule has 0 amide bonds. The van der Waals surface area contributed by atoms with E-state index in [9.17, 15) is 4.79 Å². The first-order chi connectivity index (χ1) is 7.74. The summed E-state index contributed by atoms with van der Waals surface area (Å²) in [6.07, 6.45) is 0.397. The topological polar surface area (TPSA) is 93.8 Å². The van der Waals surface area contributed by atoms with Gasteiger partial charge in [-0.3, -0.25) is 9.69 Å². The average Bonchev–Trinajstić information content (AvgIpc) is 2.27. The fourth-order valence-electron chi connectivity index (χ4n) is 1.15. The van der Waals surface area contributed by atoms with Crippen molar-refractivity contribution in [3.63, 3.8) is 0 Å². The molecular formula is C10H18N2O4. The molecule has 0 aliphatic heterocycles. The Hall–Kier alpha value is -1.16. The number of esters is 1. The van der Waals surface area contributed by atoms with Crippen molar-refractivity contribution >= 4 is 5.97 Å². The second-order valence-electron chi connectivity index (χ2n) is 3.17. The van der Waals surface area contributed by atoms with E-state index in [1.807, 2.05) is 6.07 Å². The first-order valence-corrected chi connectivity index (χ1v) is 5.21. The molecular weight excluding hydrogens is 212 g/mol. The molecule has 0 aliphatic carbocycles. The van der Waals surface area contributed by atoms with Gasteiger partial charge in [-0.15, -0.1) is 0 Å². The molecule has 6 heteroatoms. The van der Waals surface area contributed by atoms with Gasteiger partial charge in [0.25, 0.3) is 0 Å². The maximum absolute atomic E-state index is 11.1. The van der Waals surface area contributed by atoms with Crippen molar-refractivity contribution in [2.45, 2.75) is 12.8 Å². The number of hydrogen-bond donors (Lipinski definition) is 2. The molecule has 0 aromatic carbocycles. The van der Waals surface area contributed by atoms with Gasteiger partial charge >= 0.3 is 5.97 Å². The summed E-state index contributed by atoms with van der Waals surface area (Å²) < 4.78 is 4.78. The number of carbonyl (C=O) groups is 1. The zero-order chi connectivity index (χ0) is 12.2. The Labute approximate surface area is 95.0 Å². The number of aliphatic hydroxyl groups excluding tert-OH is 2. The quantitative estimate of drug-likeness (QED) is 0.394. The molecule has 0 saturated heterocycles. The highest BCUT2D eigenvalue weighted by Gasteiger charge is 2.08. The van der Waals surface area contributed by atoms with Crippen LogP contribution in [-0.2, 0) is 9.53 Å². The van der Waals surface area contributed by atoms with Crippen LogP contribution in [0.25, 0.3) is 0 Å². The summed E-state index contributed by atoms with van der Waals surface area (Å²) in [6.45, 7) is 1.38. The average molecular weight is 230 g/mol. The van der Waals surface area contributed by atoms with Crippen molar-refractivity contribution in [2.24, 2.45) is 0 Å². The summed E-state index contributed by atoms with van der Waals surface area (Å²) in [5.41, 5.74) is 0. The van der Waals surface area contributed by atoms with E-state index in [-0.39, 0.29) is 38.6 Å². The molecule has 0 fully saturated rings. The van der Waals surface area contributed by atoms with Gasteiger partial charge in [-0.25, -0.2) is 0 Å². The van der Waals surface area contributed by atoms with Crippen molar-refractivity contribution in [3.8, 4) is 6.07 Å². The van der Waals surface area contributed by atoms with Crippen LogP contribution < -0.4 is 0 Å². The van der Waals surface area contributed by atoms with Crippen molar-refractivity contribution in [2.75, 3.05) is 39.5 Å². The minimum atomic E-state index is -0.365. The summed E-state index contributed by atoms with van der Waals surface area (Å²) in [7, 11) is 0. The van der Waals surface area contributed by atoms with Crippen molar-refractivity contribution in [1.29, 1.82) is 5.26 Å². The van der Waals surface area contributed by atoms with Crippen molar-refractivity contribution in [1.82, 2.24) is 4.90 Å². The van der Waals surface area contributed by atoms with Gasteiger partial charge in [0.2, 0.25) is 0 Å². The van der Waals surface area contributed by atoms with Gasteiger partial charge in [-0.2, -0.15) is 5.26 Å². The van der Waals surface area contributed by atoms with Crippen LogP contribution in [0.3, 0.4) is 0 Å². The molecule has 0 atom stereocenters. The Morgan fingerprint density at radius 3 is 2.38 bits per heavy atom. The molecule has 16 heavy (non-hydrogen) atoms. The highest BCUT2D eigenvalue weighted by Crippen LogP contribution is 1.94. The van der Waals surface area contributed by atoms with Crippen LogP contribution in [0.1, 0.15) is 12.8 Å². The lowest BCUT2D eigenvalue weighted by molar-refractivity contribution is -0.143. The number of rotatable bonds is 9. The number of nitrogens with zero attached hydrogens (tertiary/aromatic N) is 2. The molecule has 0 unspecified atom stereocenters. The van der Waals surface area contributed by atoms with E-state index < -0.39 is 0 Å². The lowest BCUT2D eigenvalue weighted by Crippen LogP contribution is -2.32. The van der Waals surface area contributed by atoms with Gasteiger partial charge in [0.1, 0.15) is 6.61 Å². The van der Waals surface area contributed by atoms with E-state index in [2.05, 4.69) is 0 Å². The zero-order valence-corrected chi connectivity index (χ0v) is 9.26. The van der Waals surface area contributed by atoms with E-state index in [0.29, 0.717) is 19.6 Å². The highest BCUT2D eigenvalue weighted by atomic mass is 16.5. The minimum Gasteiger partial charge on any atom is -0.465 e. The monoisotopic (exact) mass is 230 g/mol. The maximum Gasteiger partial charge on any atom is 0.307 e. The molecule has 0 spiro atoms. The van der Waals surface area contributed by atoms with Gasteiger partial charge in [-0.05, 0) is 0 Å². The second kappa shape index (κ2) is 10.4. The van der Waals surface area contributed by atoms with E-state index >= 15 is 0 Å². The molecule has 0 rings (SSSR count). The number of hydrogen-bond acceptors (Lipinski definition) is 6. The molecule has 0 aromatic heterocycles. The lowest BCUT2D eigenvalue weighted by atomic mass is 10.3. The van der Waals surface area contributed by atoms with Gasteiger partial charge in [0.05, 0.1) is 32.1 Å². The Balaban J connectivity index is 3.65. The number of ether oxygens (including phenoxy) is 1. The van der Waals surface area contributed by atoms with Crippen molar-refractivity contribution in [3.05, 3.63) is 0 Å². The fraction of sp³-hybridized carbons (Fsp3) is 0.800. The van der Waals surface area contributed by atoms with Crippen LogP contribution in [0.15, 0.2) is 0 Å². The second-order valence-corrected chi connectivity index (χ2v) is 3.17. The predicted octanol–water partition coefficient (Wildman–Crippen LogP) is -0.880. The van der Waals surface area contributed by atoms with Crippen molar-refractivity contribution < 1.29 is 19.7 Å². The number of nitriles is 1. The number of carbonyl (C=O) groups excluding carboxylic acids is 1. The smallest absolute Gasteiger partial charge is 0.307 e. The largest absolute Gasteiger partial charge is 0.465 e. The molecule has 0 saturated carbocycles. The summed E-state index contributed by atoms with van der Waals surface area (Å²) in [6, 6.07) is 1.87. The summed E-state index contributed by atoms with van der Waals surface area (Å²) in [4.78, 5) is 12.9. The Bertz CT molecular complexity index is 221. The third kappa shape index (κ3) is 8.17. The molecule has 0 aliphatic rings. The van der Waals surface area contributed by atoms with Gasteiger partial charge < -0.3 is 14.9 Å². The van der Waals surface area contributed by atoms with Gasteiger partial charge in [0.15, 0.2) is 0 Å². The molecule has 0 aromatic rings. The van der Waals surface area contributed by atoms with Crippen LogP contribution in [0.5, 0.6) is 0 Å². The molecule has 92 valence electrons. The fourth-order valence-corrected chi connectivity index (χ4v) is 1.15. The summed E-state index contributed by atoms with van der Waals surface area (Å²) in [5, 5.41) is 25.7. The van der Waals surface area contributed by atoms with E-state index in [0.717, 1.165) is 0 Å². The van der Waals surface area contributed by atoms with Gasteiger partial charge in [-0.1, -0.05) is 0 Å². The third-order valence-corrected chi connectivity index (χ3v) is 1.94. The standard InChI is InChI=1S/C10H18N2O4/c11-3-1-9-16-10(15)2-4-12(5-7-13)6-8-14/h13-14H,1-2,4-9H2. The zero-order valence-electron chi connectivity index (χ0n) is 9.26. The molecule has 6 nitrogen and oxygen atoms in total. The van der Waals surface area contributed by atoms with E-state index in [1.165, 1.54) is 0 Å². The predicted molar refractivity (Wildman–Crippen MR) is 56.4 cm³/mol. The lowest BCUT2D eigenvalue weighted by Gasteiger charge is -2.19. The van der Waals surface area contributed by atoms with Gasteiger partial charge in [0, 0.05) is 19.6 Å². The number of aliphatic hydroxyl groups is 2. The Kier molecular flexibility index (Phi) is 9.61. The molecule has 0 radical (unpaired) electrons. The third-order valence-electron chi connectivity index (χ3n) is 1.94. The van der Waals surface area contributed by atoms with Crippen LogP contribution in [-0.4, -0.2) is 60.5 Å². The summed E-state index contributed by atoms with van der Waals surface area (Å²) in [5.74, 6) is -0.365.